The maximum atomic E-state index is 12.4. The zero-order chi connectivity index (χ0) is 16.8. The summed E-state index contributed by atoms with van der Waals surface area (Å²) < 4.78 is 0. The largest absolute Gasteiger partial charge is 0.354 e. The van der Waals surface area contributed by atoms with Crippen molar-refractivity contribution in [3.63, 3.8) is 0 Å². The molecule has 1 aromatic rings. The number of likely N-dealkylation sites (N-methyl/N-ethyl adjacent to an activating group) is 1. The second-order valence-corrected chi connectivity index (χ2v) is 6.62. The van der Waals surface area contributed by atoms with Crippen molar-refractivity contribution < 1.29 is 9.59 Å². The molecule has 0 aliphatic carbocycles. The SMILES string of the molecule is CC(C)NC(=O)[C@@H]1CNC[C@H]1CN(C)C(=O)Cc1ccccc1. The van der Waals surface area contributed by atoms with E-state index in [0.717, 1.165) is 12.1 Å². The van der Waals surface area contributed by atoms with Crippen LogP contribution in [-0.2, 0) is 16.0 Å². The van der Waals surface area contributed by atoms with Gasteiger partial charge in [-0.15, -0.1) is 0 Å². The van der Waals surface area contributed by atoms with Crippen LogP contribution >= 0.6 is 0 Å². The summed E-state index contributed by atoms with van der Waals surface area (Å²) in [5.41, 5.74) is 1.02. The molecule has 5 heteroatoms. The molecule has 0 bridgehead atoms. The number of hydrogen-bond acceptors (Lipinski definition) is 3. The fourth-order valence-corrected chi connectivity index (χ4v) is 2.98. The Balaban J connectivity index is 1.89. The zero-order valence-electron chi connectivity index (χ0n) is 14.2. The van der Waals surface area contributed by atoms with E-state index in [9.17, 15) is 9.59 Å². The predicted octanol–water partition coefficient (Wildman–Crippen LogP) is 1.05. The minimum Gasteiger partial charge on any atom is -0.354 e. The first-order valence-corrected chi connectivity index (χ1v) is 8.26. The number of nitrogens with zero attached hydrogens (tertiary/aromatic N) is 1. The van der Waals surface area contributed by atoms with Crippen LogP contribution in [0.4, 0.5) is 0 Å². The molecule has 2 atom stereocenters. The van der Waals surface area contributed by atoms with E-state index in [4.69, 9.17) is 0 Å². The summed E-state index contributed by atoms with van der Waals surface area (Å²) in [6.45, 7) is 5.99. The van der Waals surface area contributed by atoms with Crippen LogP contribution in [-0.4, -0.2) is 49.4 Å². The van der Waals surface area contributed by atoms with E-state index >= 15 is 0 Å². The van der Waals surface area contributed by atoms with Gasteiger partial charge in [-0.05, 0) is 19.4 Å². The van der Waals surface area contributed by atoms with E-state index in [1.165, 1.54) is 0 Å². The van der Waals surface area contributed by atoms with Crippen LogP contribution in [0.1, 0.15) is 19.4 Å². The van der Waals surface area contributed by atoms with Gasteiger partial charge in [0.2, 0.25) is 11.8 Å². The third-order valence-electron chi connectivity index (χ3n) is 4.24. The van der Waals surface area contributed by atoms with Crippen molar-refractivity contribution in [1.29, 1.82) is 0 Å². The number of amides is 2. The third-order valence-corrected chi connectivity index (χ3v) is 4.24. The molecule has 0 aromatic heterocycles. The van der Waals surface area contributed by atoms with Gasteiger partial charge in [0.05, 0.1) is 12.3 Å². The summed E-state index contributed by atoms with van der Waals surface area (Å²) >= 11 is 0. The van der Waals surface area contributed by atoms with Crippen LogP contribution in [0.5, 0.6) is 0 Å². The number of rotatable bonds is 6. The number of hydrogen-bond donors (Lipinski definition) is 2. The Morgan fingerprint density at radius 3 is 2.61 bits per heavy atom. The fraction of sp³-hybridized carbons (Fsp3) is 0.556. The topological polar surface area (TPSA) is 61.4 Å². The maximum absolute atomic E-state index is 12.4. The average Bonchev–Trinajstić information content (AvgIpc) is 2.95. The summed E-state index contributed by atoms with van der Waals surface area (Å²) in [6, 6.07) is 9.88. The van der Waals surface area contributed by atoms with Crippen LogP contribution in [0.25, 0.3) is 0 Å². The standard InChI is InChI=1S/C18H27N3O2/c1-13(2)20-18(23)16-11-19-10-15(16)12-21(3)17(22)9-14-7-5-4-6-8-14/h4-8,13,15-16,19H,9-12H2,1-3H3,(H,20,23)/t15-,16+/m0/s1. The van der Waals surface area contributed by atoms with Crippen molar-refractivity contribution in [2.45, 2.75) is 26.3 Å². The molecule has 0 unspecified atom stereocenters. The monoisotopic (exact) mass is 317 g/mol. The highest BCUT2D eigenvalue weighted by Crippen LogP contribution is 2.18. The molecule has 1 aliphatic heterocycles. The first-order valence-electron chi connectivity index (χ1n) is 8.26. The molecule has 126 valence electrons. The van der Waals surface area contributed by atoms with Crippen molar-refractivity contribution in [1.82, 2.24) is 15.5 Å². The molecule has 1 saturated heterocycles. The Morgan fingerprint density at radius 1 is 1.26 bits per heavy atom. The van der Waals surface area contributed by atoms with Crippen LogP contribution < -0.4 is 10.6 Å². The molecular weight excluding hydrogens is 290 g/mol. The van der Waals surface area contributed by atoms with Gasteiger partial charge in [0.1, 0.15) is 0 Å². The molecule has 1 fully saturated rings. The van der Waals surface area contributed by atoms with Crippen molar-refractivity contribution in [3.8, 4) is 0 Å². The quantitative estimate of drug-likeness (QED) is 0.824. The molecule has 0 radical (unpaired) electrons. The summed E-state index contributed by atoms with van der Waals surface area (Å²) in [6.07, 6.45) is 0.403. The normalized spacial score (nSPS) is 20.5. The lowest BCUT2D eigenvalue weighted by Crippen LogP contribution is -2.42. The van der Waals surface area contributed by atoms with Gasteiger partial charge in [0, 0.05) is 38.6 Å². The van der Waals surface area contributed by atoms with Crippen LogP contribution in [0.15, 0.2) is 30.3 Å². The van der Waals surface area contributed by atoms with Crippen molar-refractivity contribution in [2.24, 2.45) is 11.8 Å². The Hall–Kier alpha value is -1.88. The average molecular weight is 317 g/mol. The Kier molecular flexibility index (Phi) is 6.16. The number of carbonyl (C=O) groups is 2. The van der Waals surface area contributed by atoms with Gasteiger partial charge in [-0.2, -0.15) is 0 Å². The third kappa shape index (κ3) is 5.06. The van der Waals surface area contributed by atoms with E-state index in [2.05, 4.69) is 10.6 Å². The highest BCUT2D eigenvalue weighted by atomic mass is 16.2. The molecule has 2 rings (SSSR count). The molecule has 5 nitrogen and oxygen atoms in total. The first-order chi connectivity index (χ1) is 11.0. The van der Waals surface area contributed by atoms with Gasteiger partial charge in [-0.25, -0.2) is 0 Å². The maximum Gasteiger partial charge on any atom is 0.226 e. The first kappa shape index (κ1) is 17.5. The van der Waals surface area contributed by atoms with Crippen molar-refractivity contribution in [2.75, 3.05) is 26.7 Å². The summed E-state index contributed by atoms with van der Waals surface area (Å²) in [5.74, 6) is 0.271. The molecule has 2 amide bonds. The second kappa shape index (κ2) is 8.11. The van der Waals surface area contributed by atoms with E-state index in [1.807, 2.05) is 51.2 Å². The number of carbonyl (C=O) groups excluding carboxylic acids is 2. The minimum atomic E-state index is -0.0654. The van der Waals surface area contributed by atoms with Crippen LogP contribution in [0, 0.1) is 11.8 Å². The molecule has 1 aromatic carbocycles. The molecule has 0 spiro atoms. The lowest BCUT2D eigenvalue weighted by molar-refractivity contribution is -0.131. The molecule has 23 heavy (non-hydrogen) atoms. The summed E-state index contributed by atoms with van der Waals surface area (Å²) in [4.78, 5) is 26.4. The van der Waals surface area contributed by atoms with Crippen molar-refractivity contribution in [3.05, 3.63) is 35.9 Å². The van der Waals surface area contributed by atoms with Gasteiger partial charge >= 0.3 is 0 Å². The van der Waals surface area contributed by atoms with Gasteiger partial charge in [-0.1, -0.05) is 30.3 Å². The highest BCUT2D eigenvalue weighted by Gasteiger charge is 2.34. The minimum absolute atomic E-state index is 0.0654. The van der Waals surface area contributed by atoms with Gasteiger partial charge < -0.3 is 15.5 Å². The molecule has 0 saturated carbocycles. The lowest BCUT2D eigenvalue weighted by atomic mass is 9.94. The Labute approximate surface area is 138 Å². The Morgan fingerprint density at radius 2 is 1.96 bits per heavy atom. The molecular formula is C18H27N3O2. The van der Waals surface area contributed by atoms with Gasteiger partial charge in [0.25, 0.3) is 0 Å². The molecule has 1 aliphatic rings. The fourth-order valence-electron chi connectivity index (χ4n) is 2.98. The predicted molar refractivity (Wildman–Crippen MR) is 90.9 cm³/mol. The second-order valence-electron chi connectivity index (χ2n) is 6.62. The van der Waals surface area contributed by atoms with Crippen LogP contribution in [0.3, 0.4) is 0 Å². The lowest BCUT2D eigenvalue weighted by Gasteiger charge is -2.25. The molecule has 1 heterocycles. The van der Waals surface area contributed by atoms with Gasteiger partial charge in [0.15, 0.2) is 0 Å². The summed E-state index contributed by atoms with van der Waals surface area (Å²) in [5, 5.41) is 6.25. The smallest absolute Gasteiger partial charge is 0.226 e. The molecule has 2 N–H and O–H groups in total. The van der Waals surface area contributed by atoms with E-state index < -0.39 is 0 Å². The van der Waals surface area contributed by atoms with Gasteiger partial charge in [-0.3, -0.25) is 9.59 Å². The summed E-state index contributed by atoms with van der Waals surface area (Å²) in [7, 11) is 1.82. The van der Waals surface area contributed by atoms with Crippen molar-refractivity contribution >= 4 is 11.8 Å². The van der Waals surface area contributed by atoms with E-state index in [0.29, 0.717) is 19.5 Å². The highest BCUT2D eigenvalue weighted by molar-refractivity contribution is 5.80. The number of benzene rings is 1. The van der Waals surface area contributed by atoms with E-state index in [-0.39, 0.29) is 29.7 Å². The van der Waals surface area contributed by atoms with Crippen LogP contribution in [0.2, 0.25) is 0 Å². The van der Waals surface area contributed by atoms with E-state index in [1.54, 1.807) is 4.90 Å². The number of nitrogens with one attached hydrogen (secondary N) is 2. The zero-order valence-corrected chi connectivity index (χ0v) is 14.2. The Bertz CT molecular complexity index is 530.